The fourth-order valence-electron chi connectivity index (χ4n) is 2.85. The number of hydrogen-bond acceptors (Lipinski definition) is 3. The summed E-state index contributed by atoms with van der Waals surface area (Å²) in [7, 11) is 2.00. The highest BCUT2D eigenvalue weighted by Gasteiger charge is 2.23. The highest BCUT2D eigenvalue weighted by Crippen LogP contribution is 2.33. The summed E-state index contributed by atoms with van der Waals surface area (Å²) < 4.78 is 1.94. The molecule has 20 heavy (non-hydrogen) atoms. The lowest BCUT2D eigenvalue weighted by atomic mass is 10.00. The van der Waals surface area contributed by atoms with Crippen molar-refractivity contribution in [2.24, 2.45) is 7.05 Å². The lowest BCUT2D eigenvalue weighted by Crippen LogP contribution is -2.29. The van der Waals surface area contributed by atoms with E-state index in [0.29, 0.717) is 12.1 Å². The van der Waals surface area contributed by atoms with Crippen LogP contribution in [0.25, 0.3) is 0 Å². The van der Waals surface area contributed by atoms with Crippen molar-refractivity contribution in [3.8, 4) is 0 Å². The number of nitrogens with one attached hydrogen (secondary N) is 1. The molecule has 2 heterocycles. The third-order valence-electron chi connectivity index (χ3n) is 4.16. The Bertz CT molecular complexity index is 606. The SMILES string of the molecule is Cc1c(C(C)NC2CSCc3ccccc32)cnn1C. The molecule has 3 nitrogen and oxygen atoms in total. The molecule has 3 rings (SSSR count). The van der Waals surface area contributed by atoms with Gasteiger partial charge in [0.2, 0.25) is 0 Å². The molecule has 0 fully saturated rings. The van der Waals surface area contributed by atoms with Crippen molar-refractivity contribution in [3.05, 3.63) is 52.8 Å². The molecule has 2 unspecified atom stereocenters. The maximum atomic E-state index is 4.35. The van der Waals surface area contributed by atoms with Crippen LogP contribution in [0.5, 0.6) is 0 Å². The van der Waals surface area contributed by atoms with E-state index in [-0.39, 0.29) is 0 Å². The molecule has 1 aliphatic heterocycles. The lowest BCUT2D eigenvalue weighted by molar-refractivity contribution is 0.493. The molecule has 1 aliphatic rings. The van der Waals surface area contributed by atoms with E-state index in [1.165, 1.54) is 22.4 Å². The first-order chi connectivity index (χ1) is 9.66. The van der Waals surface area contributed by atoms with Gasteiger partial charge in [0.1, 0.15) is 0 Å². The second-order valence-electron chi connectivity index (χ2n) is 5.46. The molecule has 1 N–H and O–H groups in total. The highest BCUT2D eigenvalue weighted by atomic mass is 32.2. The van der Waals surface area contributed by atoms with Crippen LogP contribution in [-0.4, -0.2) is 15.5 Å². The molecule has 0 saturated heterocycles. The minimum Gasteiger partial charge on any atom is -0.302 e. The van der Waals surface area contributed by atoms with E-state index < -0.39 is 0 Å². The van der Waals surface area contributed by atoms with Gasteiger partial charge in [0.25, 0.3) is 0 Å². The summed E-state index contributed by atoms with van der Waals surface area (Å²) >= 11 is 2.01. The summed E-state index contributed by atoms with van der Waals surface area (Å²) in [5.74, 6) is 2.27. The lowest BCUT2D eigenvalue weighted by Gasteiger charge is -2.29. The zero-order valence-corrected chi connectivity index (χ0v) is 13.1. The molecule has 2 aromatic rings. The molecule has 1 aromatic heterocycles. The van der Waals surface area contributed by atoms with Crippen molar-refractivity contribution in [1.29, 1.82) is 0 Å². The maximum Gasteiger partial charge on any atom is 0.0540 e. The third-order valence-corrected chi connectivity index (χ3v) is 5.25. The van der Waals surface area contributed by atoms with E-state index in [1.807, 2.05) is 29.7 Å². The van der Waals surface area contributed by atoms with E-state index in [9.17, 15) is 0 Å². The van der Waals surface area contributed by atoms with Crippen molar-refractivity contribution in [2.75, 3.05) is 5.75 Å². The molecule has 0 amide bonds. The van der Waals surface area contributed by atoms with Crippen LogP contribution < -0.4 is 5.32 Å². The number of thioether (sulfide) groups is 1. The van der Waals surface area contributed by atoms with E-state index in [1.54, 1.807) is 0 Å². The van der Waals surface area contributed by atoms with E-state index in [0.717, 1.165) is 11.5 Å². The smallest absolute Gasteiger partial charge is 0.0540 e. The van der Waals surface area contributed by atoms with Gasteiger partial charge in [0.05, 0.1) is 6.20 Å². The van der Waals surface area contributed by atoms with Gasteiger partial charge in [0, 0.05) is 41.9 Å². The van der Waals surface area contributed by atoms with Crippen LogP contribution in [-0.2, 0) is 12.8 Å². The Kier molecular flexibility index (Phi) is 3.85. The summed E-state index contributed by atoms with van der Waals surface area (Å²) in [4.78, 5) is 0. The summed E-state index contributed by atoms with van der Waals surface area (Å²) in [5.41, 5.74) is 5.46. The standard InChI is InChI=1S/C16H21N3S/c1-11(15-8-17-19(3)12(15)2)18-16-10-20-9-13-6-4-5-7-14(13)16/h4-8,11,16,18H,9-10H2,1-3H3. The van der Waals surface area contributed by atoms with Crippen LogP contribution in [0.4, 0.5) is 0 Å². The molecule has 0 aliphatic carbocycles. The molecule has 4 heteroatoms. The van der Waals surface area contributed by atoms with Gasteiger partial charge in [-0.1, -0.05) is 24.3 Å². The quantitative estimate of drug-likeness (QED) is 0.938. The highest BCUT2D eigenvalue weighted by molar-refractivity contribution is 7.98. The predicted molar refractivity (Wildman–Crippen MR) is 84.8 cm³/mol. The van der Waals surface area contributed by atoms with Gasteiger partial charge in [-0.25, -0.2) is 0 Å². The Labute approximate surface area is 124 Å². The third kappa shape index (κ3) is 2.50. The number of aryl methyl sites for hydroxylation is 1. The first kappa shape index (κ1) is 13.7. The molecule has 2 atom stereocenters. The number of nitrogens with zero attached hydrogens (tertiary/aromatic N) is 2. The van der Waals surface area contributed by atoms with Crippen molar-refractivity contribution in [1.82, 2.24) is 15.1 Å². The number of fused-ring (bicyclic) bond motifs is 1. The predicted octanol–water partition coefficient (Wildman–Crippen LogP) is 3.37. The summed E-state index contributed by atoms with van der Waals surface area (Å²) in [6.45, 7) is 4.36. The van der Waals surface area contributed by atoms with Crippen molar-refractivity contribution in [3.63, 3.8) is 0 Å². The minimum absolute atomic E-state index is 0.320. The Morgan fingerprint density at radius 2 is 2.20 bits per heavy atom. The number of rotatable bonds is 3. The van der Waals surface area contributed by atoms with E-state index >= 15 is 0 Å². The topological polar surface area (TPSA) is 29.9 Å². The summed E-state index contributed by atoms with van der Waals surface area (Å²) in [6.07, 6.45) is 1.98. The zero-order chi connectivity index (χ0) is 14.1. The normalized spacial score (nSPS) is 19.6. The van der Waals surface area contributed by atoms with Gasteiger partial charge in [-0.05, 0) is 25.0 Å². The Morgan fingerprint density at radius 3 is 2.95 bits per heavy atom. The Balaban J connectivity index is 1.80. The van der Waals surface area contributed by atoms with E-state index in [2.05, 4.69) is 48.5 Å². The van der Waals surface area contributed by atoms with Crippen LogP contribution in [0.3, 0.4) is 0 Å². The van der Waals surface area contributed by atoms with Gasteiger partial charge in [-0.2, -0.15) is 16.9 Å². The molecule has 106 valence electrons. The van der Waals surface area contributed by atoms with Crippen LogP contribution in [0.15, 0.2) is 30.5 Å². The fourth-order valence-corrected chi connectivity index (χ4v) is 3.96. The van der Waals surface area contributed by atoms with Crippen molar-refractivity contribution >= 4 is 11.8 Å². The summed E-state index contributed by atoms with van der Waals surface area (Å²) in [5, 5.41) is 8.12. The molecule has 0 saturated carbocycles. The molecular formula is C16H21N3S. The zero-order valence-electron chi connectivity index (χ0n) is 12.3. The number of aromatic nitrogens is 2. The van der Waals surface area contributed by atoms with Crippen LogP contribution in [0, 0.1) is 6.92 Å². The fraction of sp³-hybridized carbons (Fsp3) is 0.438. The Hall–Kier alpha value is -1.26. The van der Waals surface area contributed by atoms with Gasteiger partial charge in [-0.15, -0.1) is 0 Å². The van der Waals surface area contributed by atoms with Crippen molar-refractivity contribution < 1.29 is 0 Å². The minimum atomic E-state index is 0.320. The number of benzene rings is 1. The van der Waals surface area contributed by atoms with Crippen LogP contribution in [0.1, 0.15) is 41.4 Å². The second-order valence-corrected chi connectivity index (χ2v) is 6.49. The number of hydrogen-bond donors (Lipinski definition) is 1. The average Bonchev–Trinajstić information content (AvgIpc) is 2.79. The van der Waals surface area contributed by atoms with Gasteiger partial charge in [0.15, 0.2) is 0 Å². The molecular weight excluding hydrogens is 266 g/mol. The molecule has 0 spiro atoms. The Morgan fingerprint density at radius 1 is 1.40 bits per heavy atom. The van der Waals surface area contributed by atoms with Crippen LogP contribution >= 0.6 is 11.8 Å². The maximum absolute atomic E-state index is 4.35. The van der Waals surface area contributed by atoms with Crippen LogP contribution in [0.2, 0.25) is 0 Å². The molecule has 0 bridgehead atoms. The van der Waals surface area contributed by atoms with Gasteiger partial charge < -0.3 is 5.32 Å². The van der Waals surface area contributed by atoms with Crippen molar-refractivity contribution in [2.45, 2.75) is 31.7 Å². The van der Waals surface area contributed by atoms with Gasteiger partial charge in [-0.3, -0.25) is 4.68 Å². The molecule has 0 radical (unpaired) electrons. The monoisotopic (exact) mass is 287 g/mol. The largest absolute Gasteiger partial charge is 0.302 e. The summed E-state index contributed by atoms with van der Waals surface area (Å²) in [6, 6.07) is 9.53. The average molecular weight is 287 g/mol. The van der Waals surface area contributed by atoms with Gasteiger partial charge >= 0.3 is 0 Å². The second kappa shape index (κ2) is 5.62. The molecule has 1 aromatic carbocycles. The van der Waals surface area contributed by atoms with E-state index in [4.69, 9.17) is 0 Å². The first-order valence-corrected chi connectivity index (χ1v) is 8.22. The first-order valence-electron chi connectivity index (χ1n) is 7.07.